The van der Waals surface area contributed by atoms with Gasteiger partial charge in [-0.05, 0) is 42.5 Å². The predicted molar refractivity (Wildman–Crippen MR) is 73.2 cm³/mol. The van der Waals surface area contributed by atoms with Gasteiger partial charge < -0.3 is 11.1 Å². The van der Waals surface area contributed by atoms with E-state index >= 15 is 0 Å². The SMILES string of the molecule is C#Cc1cccc(NC(=O)c2ccc(N)cc2)c1. The molecular weight excluding hydrogens is 224 g/mol. The van der Waals surface area contributed by atoms with Crippen molar-refractivity contribution in [3.63, 3.8) is 0 Å². The molecule has 0 aliphatic carbocycles. The first-order chi connectivity index (χ1) is 8.69. The molecule has 0 aliphatic rings. The molecule has 0 bridgehead atoms. The molecule has 0 aromatic heterocycles. The van der Waals surface area contributed by atoms with Crippen LogP contribution in [0.2, 0.25) is 0 Å². The lowest BCUT2D eigenvalue weighted by Gasteiger charge is -2.05. The summed E-state index contributed by atoms with van der Waals surface area (Å²) in [7, 11) is 0. The van der Waals surface area contributed by atoms with Gasteiger partial charge in [-0.25, -0.2) is 0 Å². The van der Waals surface area contributed by atoms with Crippen LogP contribution in [0.4, 0.5) is 11.4 Å². The maximum Gasteiger partial charge on any atom is 0.255 e. The Kier molecular flexibility index (Phi) is 3.31. The van der Waals surface area contributed by atoms with Crippen molar-refractivity contribution in [3.8, 4) is 12.3 Å². The van der Waals surface area contributed by atoms with Gasteiger partial charge in [0.25, 0.3) is 5.91 Å². The van der Waals surface area contributed by atoms with Crippen LogP contribution >= 0.6 is 0 Å². The van der Waals surface area contributed by atoms with Gasteiger partial charge in [0.1, 0.15) is 0 Å². The Bertz CT molecular complexity index is 609. The van der Waals surface area contributed by atoms with Gasteiger partial charge in [0, 0.05) is 22.5 Å². The molecule has 3 N–H and O–H groups in total. The first-order valence-electron chi connectivity index (χ1n) is 5.42. The fraction of sp³-hybridized carbons (Fsp3) is 0. The zero-order chi connectivity index (χ0) is 13.0. The molecule has 0 unspecified atom stereocenters. The molecule has 0 heterocycles. The number of terminal acetylenes is 1. The molecule has 0 spiro atoms. The summed E-state index contributed by atoms with van der Waals surface area (Å²) in [6, 6.07) is 13.9. The van der Waals surface area contributed by atoms with Crippen molar-refractivity contribution < 1.29 is 4.79 Å². The first-order valence-corrected chi connectivity index (χ1v) is 5.42. The summed E-state index contributed by atoms with van der Waals surface area (Å²) >= 11 is 0. The van der Waals surface area contributed by atoms with Crippen molar-refractivity contribution in [3.05, 3.63) is 59.7 Å². The standard InChI is InChI=1S/C15H12N2O/c1-2-11-4-3-5-14(10-11)17-15(18)12-6-8-13(16)9-7-12/h1,3-10H,16H2,(H,17,18). The molecule has 2 rings (SSSR count). The molecule has 3 heteroatoms. The minimum atomic E-state index is -0.191. The lowest BCUT2D eigenvalue weighted by Crippen LogP contribution is -2.11. The number of amides is 1. The van der Waals surface area contributed by atoms with Crippen LogP contribution in [0.25, 0.3) is 0 Å². The number of hydrogen-bond acceptors (Lipinski definition) is 2. The summed E-state index contributed by atoms with van der Waals surface area (Å²) in [5.41, 5.74) is 8.14. The summed E-state index contributed by atoms with van der Waals surface area (Å²) < 4.78 is 0. The zero-order valence-electron chi connectivity index (χ0n) is 9.68. The van der Waals surface area contributed by atoms with Crippen LogP contribution < -0.4 is 11.1 Å². The van der Waals surface area contributed by atoms with Crippen molar-refractivity contribution in [1.82, 2.24) is 0 Å². The van der Waals surface area contributed by atoms with Gasteiger partial charge in [-0.3, -0.25) is 4.79 Å². The normalized spacial score (nSPS) is 9.50. The van der Waals surface area contributed by atoms with E-state index in [0.717, 1.165) is 5.56 Å². The highest BCUT2D eigenvalue weighted by atomic mass is 16.1. The molecule has 1 amide bonds. The van der Waals surface area contributed by atoms with Crippen molar-refractivity contribution in [2.24, 2.45) is 0 Å². The molecule has 0 fully saturated rings. The van der Waals surface area contributed by atoms with Crippen molar-refractivity contribution in [2.45, 2.75) is 0 Å². The van der Waals surface area contributed by atoms with Crippen molar-refractivity contribution in [2.75, 3.05) is 11.1 Å². The lowest BCUT2D eigenvalue weighted by atomic mass is 10.1. The number of carbonyl (C=O) groups is 1. The topological polar surface area (TPSA) is 55.1 Å². The fourth-order valence-electron chi connectivity index (χ4n) is 1.52. The number of carbonyl (C=O) groups excluding carboxylic acids is 1. The average Bonchev–Trinajstić information content (AvgIpc) is 2.39. The van der Waals surface area contributed by atoms with E-state index in [1.54, 1.807) is 48.5 Å². The van der Waals surface area contributed by atoms with Crippen LogP contribution in [0, 0.1) is 12.3 Å². The highest BCUT2D eigenvalue weighted by Gasteiger charge is 2.05. The number of nitrogens with two attached hydrogens (primary N) is 1. The van der Waals surface area contributed by atoms with E-state index in [-0.39, 0.29) is 5.91 Å². The summed E-state index contributed by atoms with van der Waals surface area (Å²) in [6.07, 6.45) is 5.30. The maximum atomic E-state index is 11.9. The van der Waals surface area contributed by atoms with Crippen molar-refractivity contribution in [1.29, 1.82) is 0 Å². The number of benzene rings is 2. The molecule has 88 valence electrons. The zero-order valence-corrected chi connectivity index (χ0v) is 9.68. The Hall–Kier alpha value is -2.73. The van der Waals surface area contributed by atoms with Gasteiger partial charge in [-0.2, -0.15) is 0 Å². The van der Waals surface area contributed by atoms with E-state index in [2.05, 4.69) is 11.2 Å². The molecular formula is C15H12N2O. The van der Waals surface area contributed by atoms with E-state index in [1.807, 2.05) is 0 Å². The van der Waals surface area contributed by atoms with Gasteiger partial charge in [-0.1, -0.05) is 12.0 Å². The van der Waals surface area contributed by atoms with Gasteiger partial charge in [0.05, 0.1) is 0 Å². The number of anilines is 2. The summed E-state index contributed by atoms with van der Waals surface area (Å²) in [6.45, 7) is 0. The predicted octanol–water partition coefficient (Wildman–Crippen LogP) is 2.50. The summed E-state index contributed by atoms with van der Waals surface area (Å²) in [5.74, 6) is 2.33. The molecule has 2 aromatic carbocycles. The molecule has 0 radical (unpaired) electrons. The molecule has 0 saturated heterocycles. The smallest absolute Gasteiger partial charge is 0.255 e. The van der Waals surface area contributed by atoms with Crippen LogP contribution in [-0.4, -0.2) is 5.91 Å². The molecule has 0 atom stereocenters. The van der Waals surface area contributed by atoms with E-state index < -0.39 is 0 Å². The number of nitrogen functional groups attached to an aromatic ring is 1. The number of nitrogens with one attached hydrogen (secondary N) is 1. The van der Waals surface area contributed by atoms with Crippen LogP contribution in [0.3, 0.4) is 0 Å². The minimum Gasteiger partial charge on any atom is -0.399 e. The molecule has 2 aromatic rings. The van der Waals surface area contributed by atoms with Crippen molar-refractivity contribution >= 4 is 17.3 Å². The average molecular weight is 236 g/mol. The number of hydrogen-bond donors (Lipinski definition) is 2. The summed E-state index contributed by atoms with van der Waals surface area (Å²) in [5, 5.41) is 2.78. The van der Waals surface area contributed by atoms with Gasteiger partial charge in [-0.15, -0.1) is 6.42 Å². The Balaban J connectivity index is 2.16. The molecule has 18 heavy (non-hydrogen) atoms. The van der Waals surface area contributed by atoms with Crippen LogP contribution in [0.1, 0.15) is 15.9 Å². The van der Waals surface area contributed by atoms with Gasteiger partial charge >= 0.3 is 0 Å². The lowest BCUT2D eigenvalue weighted by molar-refractivity contribution is 0.102. The van der Waals surface area contributed by atoms with E-state index in [9.17, 15) is 4.79 Å². The second-order valence-electron chi connectivity index (χ2n) is 3.80. The van der Waals surface area contributed by atoms with Crippen LogP contribution in [-0.2, 0) is 0 Å². The Morgan fingerprint density at radius 3 is 2.56 bits per heavy atom. The third kappa shape index (κ3) is 2.69. The first kappa shape index (κ1) is 11.7. The molecule has 0 aliphatic heterocycles. The second kappa shape index (κ2) is 5.07. The van der Waals surface area contributed by atoms with E-state index in [0.29, 0.717) is 16.9 Å². The molecule has 0 saturated carbocycles. The quantitative estimate of drug-likeness (QED) is 0.621. The third-order valence-corrected chi connectivity index (χ3v) is 2.46. The Labute approximate surface area is 106 Å². The monoisotopic (exact) mass is 236 g/mol. The molecule has 3 nitrogen and oxygen atoms in total. The highest BCUT2D eigenvalue weighted by molar-refractivity contribution is 6.04. The fourth-order valence-corrected chi connectivity index (χ4v) is 1.52. The Morgan fingerprint density at radius 2 is 1.89 bits per heavy atom. The Morgan fingerprint density at radius 1 is 1.17 bits per heavy atom. The number of rotatable bonds is 2. The summed E-state index contributed by atoms with van der Waals surface area (Å²) in [4.78, 5) is 11.9. The third-order valence-electron chi connectivity index (χ3n) is 2.46. The van der Waals surface area contributed by atoms with Gasteiger partial charge in [0.2, 0.25) is 0 Å². The van der Waals surface area contributed by atoms with Crippen LogP contribution in [0.5, 0.6) is 0 Å². The van der Waals surface area contributed by atoms with E-state index in [4.69, 9.17) is 12.2 Å². The second-order valence-corrected chi connectivity index (χ2v) is 3.80. The largest absolute Gasteiger partial charge is 0.399 e. The highest BCUT2D eigenvalue weighted by Crippen LogP contribution is 2.12. The van der Waals surface area contributed by atoms with Crippen LogP contribution in [0.15, 0.2) is 48.5 Å². The van der Waals surface area contributed by atoms with E-state index in [1.165, 1.54) is 0 Å². The maximum absolute atomic E-state index is 11.9. The van der Waals surface area contributed by atoms with Gasteiger partial charge in [0.15, 0.2) is 0 Å². The minimum absolute atomic E-state index is 0.191.